The number of rotatable bonds is 7. The van der Waals surface area contributed by atoms with Crippen LogP contribution in [0.2, 0.25) is 0 Å². The van der Waals surface area contributed by atoms with Gasteiger partial charge in [-0.25, -0.2) is 0 Å². The highest BCUT2D eigenvalue weighted by molar-refractivity contribution is 7.99. The van der Waals surface area contributed by atoms with E-state index in [1.165, 1.54) is 37.1 Å². The molecular weight excluding hydrogens is 244 g/mol. The second-order valence-corrected chi connectivity index (χ2v) is 6.23. The summed E-state index contributed by atoms with van der Waals surface area (Å²) in [5, 5.41) is 13.0. The normalized spacial score (nSPS) is 19.2. The second-order valence-electron chi connectivity index (χ2n) is 5.29. The molecule has 0 bridgehead atoms. The molecule has 0 amide bonds. The number of likely N-dealkylation sites (N-methyl/N-ethyl adjacent to an activating group) is 1. The Morgan fingerprint density at radius 1 is 1.39 bits per heavy atom. The van der Waals surface area contributed by atoms with Crippen LogP contribution < -0.4 is 5.32 Å². The van der Waals surface area contributed by atoms with Crippen LogP contribution in [0, 0.1) is 0 Å². The number of hydrogen-bond acceptors (Lipinski definition) is 4. The van der Waals surface area contributed by atoms with Gasteiger partial charge < -0.3 is 9.88 Å². The summed E-state index contributed by atoms with van der Waals surface area (Å²) in [6.07, 6.45) is 5.18. The van der Waals surface area contributed by atoms with Gasteiger partial charge in [0.05, 0.1) is 0 Å². The fraction of sp³-hybridized carbons (Fsp3) is 0.692. The molecule has 2 aliphatic carbocycles. The number of aromatic nitrogens is 3. The molecule has 2 fully saturated rings. The van der Waals surface area contributed by atoms with Crippen LogP contribution in [-0.4, -0.2) is 34.1 Å². The van der Waals surface area contributed by atoms with Crippen LogP contribution in [-0.2, 0) is 0 Å². The Bertz CT molecular complexity index is 446. The van der Waals surface area contributed by atoms with Crippen LogP contribution >= 0.6 is 11.8 Å². The van der Waals surface area contributed by atoms with Gasteiger partial charge in [0.2, 0.25) is 0 Å². The van der Waals surface area contributed by atoms with Crippen LogP contribution in [0.15, 0.2) is 17.3 Å². The average Bonchev–Trinajstić information content (AvgIpc) is 3.25. The fourth-order valence-corrected chi connectivity index (χ4v) is 3.07. The monoisotopic (exact) mass is 264 g/mol. The topological polar surface area (TPSA) is 42.7 Å². The van der Waals surface area contributed by atoms with Crippen LogP contribution in [0.1, 0.15) is 43.5 Å². The lowest BCUT2D eigenvalue weighted by Crippen LogP contribution is -2.11. The Labute approximate surface area is 112 Å². The van der Waals surface area contributed by atoms with Crippen molar-refractivity contribution in [1.29, 1.82) is 0 Å². The molecule has 0 radical (unpaired) electrons. The highest BCUT2D eigenvalue weighted by atomic mass is 32.2. The van der Waals surface area contributed by atoms with Crippen molar-refractivity contribution in [2.75, 3.05) is 19.3 Å². The zero-order valence-corrected chi connectivity index (χ0v) is 11.7. The molecule has 4 nitrogen and oxygen atoms in total. The zero-order valence-electron chi connectivity index (χ0n) is 10.9. The lowest BCUT2D eigenvalue weighted by molar-refractivity contribution is 0.627. The molecule has 98 valence electrons. The predicted molar refractivity (Wildman–Crippen MR) is 74.1 cm³/mol. The van der Waals surface area contributed by atoms with Gasteiger partial charge >= 0.3 is 0 Å². The molecule has 5 heteroatoms. The van der Waals surface area contributed by atoms with E-state index in [9.17, 15) is 0 Å². The Morgan fingerprint density at radius 2 is 2.17 bits per heavy atom. The van der Waals surface area contributed by atoms with E-state index >= 15 is 0 Å². The van der Waals surface area contributed by atoms with Gasteiger partial charge in [0.1, 0.15) is 5.82 Å². The van der Waals surface area contributed by atoms with Crippen molar-refractivity contribution in [1.82, 2.24) is 20.1 Å². The predicted octanol–water partition coefficient (Wildman–Crippen LogP) is 2.36. The summed E-state index contributed by atoms with van der Waals surface area (Å²) in [4.78, 5) is 0. The maximum atomic E-state index is 4.41. The fourth-order valence-electron chi connectivity index (χ4n) is 2.15. The van der Waals surface area contributed by atoms with Gasteiger partial charge in [-0.15, -0.1) is 10.2 Å². The van der Waals surface area contributed by atoms with E-state index in [0.717, 1.165) is 17.5 Å². The molecule has 1 aromatic rings. The second kappa shape index (κ2) is 5.05. The molecule has 18 heavy (non-hydrogen) atoms. The van der Waals surface area contributed by atoms with Crippen molar-refractivity contribution in [3.63, 3.8) is 0 Å². The van der Waals surface area contributed by atoms with Gasteiger partial charge in [-0.2, -0.15) is 0 Å². The SMILES string of the molecule is C=C(CNC)CSc1nnc(C2CC2)n1C1CC1. The van der Waals surface area contributed by atoms with E-state index in [1.54, 1.807) is 11.8 Å². The van der Waals surface area contributed by atoms with E-state index in [1.807, 2.05) is 7.05 Å². The van der Waals surface area contributed by atoms with Gasteiger partial charge in [0, 0.05) is 24.3 Å². The summed E-state index contributed by atoms with van der Waals surface area (Å²) in [5.74, 6) is 2.85. The number of thioether (sulfide) groups is 1. The highest BCUT2D eigenvalue weighted by Gasteiger charge is 2.36. The quantitative estimate of drug-likeness (QED) is 0.606. The van der Waals surface area contributed by atoms with E-state index < -0.39 is 0 Å². The third-order valence-electron chi connectivity index (χ3n) is 3.38. The zero-order chi connectivity index (χ0) is 12.5. The molecule has 2 saturated carbocycles. The summed E-state index contributed by atoms with van der Waals surface area (Å²) < 4.78 is 2.40. The number of hydrogen-bond donors (Lipinski definition) is 1. The molecule has 0 aromatic carbocycles. The van der Waals surface area contributed by atoms with Crippen molar-refractivity contribution >= 4 is 11.8 Å². The first kappa shape index (κ1) is 12.2. The van der Waals surface area contributed by atoms with E-state index in [-0.39, 0.29) is 0 Å². The minimum absolute atomic E-state index is 0.677. The van der Waals surface area contributed by atoms with Gasteiger partial charge in [-0.05, 0) is 32.7 Å². The maximum Gasteiger partial charge on any atom is 0.191 e. The van der Waals surface area contributed by atoms with Crippen molar-refractivity contribution < 1.29 is 0 Å². The van der Waals surface area contributed by atoms with E-state index in [4.69, 9.17) is 0 Å². The first-order valence-electron chi connectivity index (χ1n) is 6.68. The largest absolute Gasteiger partial charge is 0.316 e. The Morgan fingerprint density at radius 3 is 2.78 bits per heavy atom. The summed E-state index contributed by atoms with van der Waals surface area (Å²) in [6, 6.07) is 0.677. The van der Waals surface area contributed by atoms with Crippen LogP contribution in [0.4, 0.5) is 0 Å². The van der Waals surface area contributed by atoms with Crippen molar-refractivity contribution in [3.8, 4) is 0 Å². The summed E-state index contributed by atoms with van der Waals surface area (Å²) >= 11 is 1.78. The third-order valence-corrected chi connectivity index (χ3v) is 4.47. The number of nitrogens with one attached hydrogen (secondary N) is 1. The molecule has 1 aromatic heterocycles. The molecule has 0 atom stereocenters. The smallest absolute Gasteiger partial charge is 0.191 e. The van der Waals surface area contributed by atoms with Crippen LogP contribution in [0.25, 0.3) is 0 Å². The Kier molecular flexibility index (Phi) is 3.43. The van der Waals surface area contributed by atoms with Crippen LogP contribution in [0.3, 0.4) is 0 Å². The first-order chi connectivity index (χ1) is 8.79. The minimum atomic E-state index is 0.677. The molecule has 1 heterocycles. The van der Waals surface area contributed by atoms with Gasteiger partial charge in [0.25, 0.3) is 0 Å². The molecule has 0 spiro atoms. The lowest BCUT2D eigenvalue weighted by atomic mass is 10.3. The van der Waals surface area contributed by atoms with E-state index in [0.29, 0.717) is 12.0 Å². The average molecular weight is 264 g/mol. The number of nitrogens with zero attached hydrogens (tertiary/aromatic N) is 3. The van der Waals surface area contributed by atoms with Gasteiger partial charge in [-0.1, -0.05) is 23.9 Å². The van der Waals surface area contributed by atoms with Crippen molar-refractivity contribution in [2.24, 2.45) is 0 Å². The molecule has 0 aliphatic heterocycles. The Hall–Kier alpha value is -0.810. The van der Waals surface area contributed by atoms with Gasteiger partial charge in [0.15, 0.2) is 5.16 Å². The third kappa shape index (κ3) is 2.62. The highest BCUT2D eigenvalue weighted by Crippen LogP contribution is 2.46. The molecule has 0 unspecified atom stereocenters. The van der Waals surface area contributed by atoms with Crippen molar-refractivity contribution in [3.05, 3.63) is 18.0 Å². The van der Waals surface area contributed by atoms with Crippen LogP contribution in [0.5, 0.6) is 0 Å². The standard InChI is InChI=1S/C13H20N4S/c1-9(7-14-2)8-18-13-16-15-12(10-3-4-10)17(13)11-5-6-11/h10-11,14H,1,3-8H2,2H3. The van der Waals surface area contributed by atoms with E-state index in [2.05, 4.69) is 26.7 Å². The molecule has 3 rings (SSSR count). The minimum Gasteiger partial charge on any atom is -0.316 e. The summed E-state index contributed by atoms with van der Waals surface area (Å²) in [5.41, 5.74) is 1.21. The lowest BCUT2D eigenvalue weighted by Gasteiger charge is -2.08. The van der Waals surface area contributed by atoms with Crippen molar-refractivity contribution in [2.45, 2.75) is 42.8 Å². The molecule has 0 saturated heterocycles. The van der Waals surface area contributed by atoms with Gasteiger partial charge in [-0.3, -0.25) is 0 Å². The summed E-state index contributed by atoms with van der Waals surface area (Å²) in [6.45, 7) is 4.94. The Balaban J connectivity index is 1.69. The molecule has 2 aliphatic rings. The maximum absolute atomic E-state index is 4.41. The first-order valence-corrected chi connectivity index (χ1v) is 7.67. The summed E-state index contributed by atoms with van der Waals surface area (Å²) in [7, 11) is 1.95. The molecule has 1 N–H and O–H groups in total. The molecular formula is C13H20N4S.